The summed E-state index contributed by atoms with van der Waals surface area (Å²) in [7, 11) is -3.07. The Hall–Kier alpha value is 0.0700. The zero-order valence-corrected chi connectivity index (χ0v) is 11.1. The van der Waals surface area contributed by atoms with Crippen LogP contribution in [0.5, 0.6) is 0 Å². The first-order valence-electron chi connectivity index (χ1n) is 5.95. The third-order valence-electron chi connectivity index (χ3n) is 2.25. The number of hydrogen-bond donors (Lipinski definition) is 0. The number of rotatable bonds is 7. The molecule has 0 N–H and O–H groups in total. The van der Waals surface area contributed by atoms with E-state index < -0.39 is 7.75 Å². The molecule has 1 heterocycles. The molecule has 5 nitrogen and oxygen atoms in total. The summed E-state index contributed by atoms with van der Waals surface area (Å²) in [5.74, 6) is 0. The van der Waals surface area contributed by atoms with Crippen molar-refractivity contribution < 1.29 is 18.3 Å². The van der Waals surface area contributed by atoms with Crippen molar-refractivity contribution in [3.63, 3.8) is 0 Å². The lowest BCUT2D eigenvalue weighted by Crippen LogP contribution is -2.35. The van der Waals surface area contributed by atoms with E-state index in [4.69, 9.17) is 13.8 Å². The van der Waals surface area contributed by atoms with Crippen molar-refractivity contribution in [2.75, 3.05) is 39.5 Å². The molecule has 1 saturated heterocycles. The van der Waals surface area contributed by atoms with Crippen LogP contribution in [0, 0.1) is 0 Å². The normalized spacial score (nSPS) is 18.9. The molecule has 16 heavy (non-hydrogen) atoms. The summed E-state index contributed by atoms with van der Waals surface area (Å²) in [5.41, 5.74) is 0. The van der Waals surface area contributed by atoms with E-state index in [1.807, 2.05) is 13.8 Å². The summed E-state index contributed by atoms with van der Waals surface area (Å²) in [6.45, 7) is 7.34. The zero-order valence-electron chi connectivity index (χ0n) is 10.2. The van der Waals surface area contributed by atoms with Crippen LogP contribution < -0.4 is 0 Å². The SMILES string of the molecule is CCCOP(=O)(OCCC)N1CCOCC1. The minimum absolute atomic E-state index is 0.471. The van der Waals surface area contributed by atoms with E-state index in [-0.39, 0.29) is 0 Å². The summed E-state index contributed by atoms with van der Waals surface area (Å²) < 4.78 is 30.4. The fraction of sp³-hybridized carbons (Fsp3) is 1.00. The van der Waals surface area contributed by atoms with Crippen LogP contribution in [-0.2, 0) is 18.3 Å². The molecule has 0 spiro atoms. The molecule has 0 aromatic heterocycles. The molecule has 0 bridgehead atoms. The van der Waals surface area contributed by atoms with Gasteiger partial charge in [-0.1, -0.05) is 13.8 Å². The quantitative estimate of drug-likeness (QED) is 0.650. The van der Waals surface area contributed by atoms with Crippen LogP contribution in [0.25, 0.3) is 0 Å². The van der Waals surface area contributed by atoms with Crippen molar-refractivity contribution in [3.8, 4) is 0 Å². The highest BCUT2D eigenvalue weighted by Gasteiger charge is 2.34. The molecule has 0 aliphatic carbocycles. The third-order valence-corrected chi connectivity index (χ3v) is 4.36. The van der Waals surface area contributed by atoms with Gasteiger partial charge in [-0.25, -0.2) is 9.24 Å². The molecule has 0 unspecified atom stereocenters. The number of morpholine rings is 1. The van der Waals surface area contributed by atoms with Crippen LogP contribution in [0.4, 0.5) is 0 Å². The van der Waals surface area contributed by atoms with Gasteiger partial charge >= 0.3 is 7.75 Å². The lowest BCUT2D eigenvalue weighted by atomic mass is 10.5. The maximum atomic E-state index is 12.5. The van der Waals surface area contributed by atoms with Gasteiger partial charge in [-0.3, -0.25) is 9.05 Å². The largest absolute Gasteiger partial charge is 0.408 e. The molecular formula is C10H22NO4P. The molecule has 6 heteroatoms. The van der Waals surface area contributed by atoms with Gasteiger partial charge in [0.05, 0.1) is 26.4 Å². The summed E-state index contributed by atoms with van der Waals surface area (Å²) in [4.78, 5) is 0. The predicted molar refractivity (Wildman–Crippen MR) is 62.5 cm³/mol. The first-order chi connectivity index (χ1) is 7.73. The topological polar surface area (TPSA) is 48.0 Å². The fourth-order valence-electron chi connectivity index (χ4n) is 1.41. The summed E-state index contributed by atoms with van der Waals surface area (Å²) >= 11 is 0. The predicted octanol–water partition coefficient (Wildman–Crippen LogP) is 2.28. The Morgan fingerprint density at radius 3 is 2.06 bits per heavy atom. The summed E-state index contributed by atoms with van der Waals surface area (Å²) in [6, 6.07) is 0. The van der Waals surface area contributed by atoms with Gasteiger partial charge in [0.1, 0.15) is 0 Å². The molecule has 0 radical (unpaired) electrons. The Kier molecular flexibility index (Phi) is 6.54. The Bertz CT molecular complexity index is 219. The van der Waals surface area contributed by atoms with E-state index in [2.05, 4.69) is 0 Å². The molecule has 96 valence electrons. The highest BCUT2D eigenvalue weighted by molar-refractivity contribution is 7.51. The van der Waals surface area contributed by atoms with E-state index in [1.165, 1.54) is 0 Å². The maximum absolute atomic E-state index is 12.5. The van der Waals surface area contributed by atoms with Crippen LogP contribution in [0.2, 0.25) is 0 Å². The second-order valence-electron chi connectivity index (χ2n) is 3.70. The van der Waals surface area contributed by atoms with Gasteiger partial charge < -0.3 is 4.74 Å². The first kappa shape index (κ1) is 14.1. The fourth-order valence-corrected chi connectivity index (χ4v) is 3.29. The molecule has 0 atom stereocenters. The van der Waals surface area contributed by atoms with Crippen molar-refractivity contribution in [1.82, 2.24) is 4.67 Å². The van der Waals surface area contributed by atoms with E-state index >= 15 is 0 Å². The lowest BCUT2D eigenvalue weighted by molar-refractivity contribution is 0.0496. The Labute approximate surface area is 97.6 Å². The molecule has 1 aliphatic heterocycles. The van der Waals surface area contributed by atoms with Gasteiger partial charge in [0.2, 0.25) is 0 Å². The van der Waals surface area contributed by atoms with Gasteiger partial charge in [0.15, 0.2) is 0 Å². The maximum Gasteiger partial charge on any atom is 0.408 e. The highest BCUT2D eigenvalue weighted by atomic mass is 31.2. The number of nitrogens with zero attached hydrogens (tertiary/aromatic N) is 1. The van der Waals surface area contributed by atoms with Crippen molar-refractivity contribution in [2.45, 2.75) is 26.7 Å². The Balaban J connectivity index is 2.56. The molecule has 0 aromatic rings. The average molecular weight is 251 g/mol. The first-order valence-corrected chi connectivity index (χ1v) is 7.44. The average Bonchev–Trinajstić information content (AvgIpc) is 2.35. The van der Waals surface area contributed by atoms with Gasteiger partial charge in [-0.05, 0) is 12.8 Å². The van der Waals surface area contributed by atoms with Crippen LogP contribution in [-0.4, -0.2) is 44.2 Å². The monoisotopic (exact) mass is 251 g/mol. The third kappa shape index (κ3) is 4.15. The van der Waals surface area contributed by atoms with Crippen LogP contribution >= 0.6 is 7.75 Å². The van der Waals surface area contributed by atoms with Crippen molar-refractivity contribution in [3.05, 3.63) is 0 Å². The number of hydrogen-bond acceptors (Lipinski definition) is 4. The second kappa shape index (κ2) is 7.41. The van der Waals surface area contributed by atoms with E-state index in [9.17, 15) is 4.57 Å². The zero-order chi connectivity index (χ0) is 11.9. The molecule has 1 fully saturated rings. The highest BCUT2D eigenvalue weighted by Crippen LogP contribution is 2.52. The molecular weight excluding hydrogens is 229 g/mol. The lowest BCUT2D eigenvalue weighted by Gasteiger charge is -2.32. The Morgan fingerprint density at radius 2 is 1.62 bits per heavy atom. The smallest absolute Gasteiger partial charge is 0.379 e. The Morgan fingerprint density at radius 1 is 1.12 bits per heavy atom. The molecule has 0 aromatic carbocycles. The minimum atomic E-state index is -3.07. The summed E-state index contributed by atoms with van der Waals surface area (Å²) in [5, 5.41) is 0. The second-order valence-corrected chi connectivity index (χ2v) is 5.72. The number of ether oxygens (including phenoxy) is 1. The van der Waals surface area contributed by atoms with Crippen molar-refractivity contribution in [2.24, 2.45) is 0 Å². The van der Waals surface area contributed by atoms with E-state index in [0.29, 0.717) is 39.5 Å². The van der Waals surface area contributed by atoms with Gasteiger partial charge in [-0.2, -0.15) is 0 Å². The van der Waals surface area contributed by atoms with Crippen LogP contribution in [0.15, 0.2) is 0 Å². The van der Waals surface area contributed by atoms with Crippen LogP contribution in [0.1, 0.15) is 26.7 Å². The van der Waals surface area contributed by atoms with E-state index in [0.717, 1.165) is 12.8 Å². The van der Waals surface area contributed by atoms with Gasteiger partial charge in [-0.15, -0.1) is 0 Å². The van der Waals surface area contributed by atoms with E-state index in [1.54, 1.807) is 4.67 Å². The standard InChI is InChI=1S/C10H22NO4P/c1-3-7-14-16(12,15-8-4-2)11-5-9-13-10-6-11/h3-10H2,1-2H3. The molecule has 1 aliphatic rings. The van der Waals surface area contributed by atoms with Gasteiger partial charge in [0, 0.05) is 13.1 Å². The van der Waals surface area contributed by atoms with Gasteiger partial charge in [0.25, 0.3) is 0 Å². The summed E-state index contributed by atoms with van der Waals surface area (Å²) in [6.07, 6.45) is 1.67. The molecule has 0 saturated carbocycles. The van der Waals surface area contributed by atoms with Crippen molar-refractivity contribution in [1.29, 1.82) is 0 Å². The van der Waals surface area contributed by atoms with Crippen molar-refractivity contribution >= 4 is 7.75 Å². The molecule has 1 rings (SSSR count). The molecule has 0 amide bonds. The van der Waals surface area contributed by atoms with Crippen LogP contribution in [0.3, 0.4) is 0 Å². The minimum Gasteiger partial charge on any atom is -0.379 e.